The van der Waals surface area contributed by atoms with Crippen LogP contribution < -0.4 is 10.6 Å². The van der Waals surface area contributed by atoms with Crippen LogP contribution in [0.3, 0.4) is 0 Å². The summed E-state index contributed by atoms with van der Waals surface area (Å²) >= 11 is 3.42. The molecule has 0 saturated carbocycles. The molecule has 0 saturated heterocycles. The molecule has 0 aliphatic rings. The normalized spacial score (nSPS) is 11.8. The van der Waals surface area contributed by atoms with E-state index in [1.807, 2.05) is 55.5 Å². The van der Waals surface area contributed by atoms with Crippen LogP contribution in [0, 0.1) is 6.92 Å². The maximum absolute atomic E-state index is 12.1. The Morgan fingerprint density at radius 2 is 1.95 bits per heavy atom. The van der Waals surface area contributed by atoms with Crippen molar-refractivity contribution >= 4 is 27.6 Å². The van der Waals surface area contributed by atoms with Crippen LogP contribution in [-0.2, 0) is 6.42 Å². The number of rotatable bonds is 5. The molecular weight excluding hydrogens is 344 g/mol. The standard InChI is InChI=1S/C17H19BrN2O2/c1-12-7-8-16(15(18)9-12)20-17(22)19-14(11-21)10-13-5-3-2-4-6-13/h2-9,14,21H,10-11H2,1H3,(H2,19,20,22). The van der Waals surface area contributed by atoms with Crippen molar-refractivity contribution in [1.29, 1.82) is 0 Å². The van der Waals surface area contributed by atoms with Gasteiger partial charge in [0, 0.05) is 4.47 Å². The Kier molecular flexibility index (Phi) is 5.98. The highest BCUT2D eigenvalue weighted by Crippen LogP contribution is 2.23. The molecule has 22 heavy (non-hydrogen) atoms. The highest BCUT2D eigenvalue weighted by Gasteiger charge is 2.13. The minimum absolute atomic E-state index is 0.114. The smallest absolute Gasteiger partial charge is 0.319 e. The third-order valence-corrected chi connectivity index (χ3v) is 3.91. The van der Waals surface area contributed by atoms with Gasteiger partial charge in [0.2, 0.25) is 0 Å². The molecule has 2 aromatic carbocycles. The van der Waals surface area contributed by atoms with E-state index in [4.69, 9.17) is 0 Å². The van der Waals surface area contributed by atoms with Gasteiger partial charge >= 0.3 is 6.03 Å². The molecule has 3 N–H and O–H groups in total. The van der Waals surface area contributed by atoms with Gasteiger partial charge in [0.1, 0.15) is 0 Å². The summed E-state index contributed by atoms with van der Waals surface area (Å²) in [5.74, 6) is 0. The average molecular weight is 363 g/mol. The second-order valence-corrected chi connectivity index (χ2v) is 6.01. The fourth-order valence-electron chi connectivity index (χ4n) is 2.13. The van der Waals surface area contributed by atoms with E-state index >= 15 is 0 Å². The maximum Gasteiger partial charge on any atom is 0.319 e. The molecule has 2 aromatic rings. The molecular formula is C17H19BrN2O2. The van der Waals surface area contributed by atoms with Gasteiger partial charge in [-0.05, 0) is 52.5 Å². The Morgan fingerprint density at radius 1 is 1.23 bits per heavy atom. The van der Waals surface area contributed by atoms with Gasteiger partial charge in [-0.1, -0.05) is 36.4 Å². The number of carbonyl (C=O) groups excluding carboxylic acids is 1. The molecule has 0 spiro atoms. The number of benzene rings is 2. The topological polar surface area (TPSA) is 61.4 Å². The van der Waals surface area contributed by atoms with Crippen molar-refractivity contribution in [3.63, 3.8) is 0 Å². The van der Waals surface area contributed by atoms with Crippen LogP contribution in [0.15, 0.2) is 53.0 Å². The molecule has 0 aliphatic heterocycles. The minimum atomic E-state index is -0.334. The van der Waals surface area contributed by atoms with E-state index in [1.54, 1.807) is 0 Å². The zero-order valence-electron chi connectivity index (χ0n) is 12.3. The van der Waals surface area contributed by atoms with E-state index in [-0.39, 0.29) is 18.7 Å². The molecule has 0 heterocycles. The van der Waals surface area contributed by atoms with Crippen molar-refractivity contribution in [3.8, 4) is 0 Å². The number of hydrogen-bond acceptors (Lipinski definition) is 2. The lowest BCUT2D eigenvalue weighted by Gasteiger charge is -2.17. The summed E-state index contributed by atoms with van der Waals surface area (Å²) in [4.78, 5) is 12.1. The first-order valence-electron chi connectivity index (χ1n) is 7.07. The highest BCUT2D eigenvalue weighted by atomic mass is 79.9. The number of amides is 2. The summed E-state index contributed by atoms with van der Waals surface area (Å²) in [6.45, 7) is 1.87. The van der Waals surface area contributed by atoms with E-state index in [1.165, 1.54) is 0 Å². The lowest BCUT2D eigenvalue weighted by atomic mass is 10.1. The average Bonchev–Trinajstić information content (AvgIpc) is 2.50. The van der Waals surface area contributed by atoms with Crippen LogP contribution in [0.1, 0.15) is 11.1 Å². The summed E-state index contributed by atoms with van der Waals surface area (Å²) in [5, 5.41) is 15.0. The van der Waals surface area contributed by atoms with Crippen LogP contribution in [0.2, 0.25) is 0 Å². The van der Waals surface area contributed by atoms with Crippen molar-refractivity contribution in [2.75, 3.05) is 11.9 Å². The quantitative estimate of drug-likeness (QED) is 0.762. The van der Waals surface area contributed by atoms with Gasteiger partial charge in [-0.2, -0.15) is 0 Å². The molecule has 0 bridgehead atoms. The molecule has 116 valence electrons. The number of aryl methyl sites for hydroxylation is 1. The Morgan fingerprint density at radius 3 is 2.59 bits per heavy atom. The van der Waals surface area contributed by atoms with Crippen molar-refractivity contribution in [2.45, 2.75) is 19.4 Å². The molecule has 0 aliphatic carbocycles. The zero-order chi connectivity index (χ0) is 15.9. The lowest BCUT2D eigenvalue weighted by molar-refractivity contribution is 0.224. The zero-order valence-corrected chi connectivity index (χ0v) is 13.9. The first-order chi connectivity index (χ1) is 10.6. The molecule has 1 atom stereocenters. The van der Waals surface area contributed by atoms with Gasteiger partial charge < -0.3 is 15.7 Å². The molecule has 0 radical (unpaired) electrons. The fourth-order valence-corrected chi connectivity index (χ4v) is 2.72. The SMILES string of the molecule is Cc1ccc(NC(=O)NC(CO)Cc2ccccc2)c(Br)c1. The second kappa shape index (κ2) is 7.96. The van der Waals surface area contributed by atoms with E-state index < -0.39 is 0 Å². The number of urea groups is 1. The third kappa shape index (κ3) is 4.86. The number of nitrogens with one attached hydrogen (secondary N) is 2. The van der Waals surface area contributed by atoms with E-state index in [0.717, 1.165) is 15.6 Å². The van der Waals surface area contributed by atoms with Gasteiger partial charge in [-0.15, -0.1) is 0 Å². The van der Waals surface area contributed by atoms with Gasteiger partial charge in [0.15, 0.2) is 0 Å². The van der Waals surface area contributed by atoms with Crippen LogP contribution in [0.5, 0.6) is 0 Å². The molecule has 4 nitrogen and oxygen atoms in total. The first kappa shape index (κ1) is 16.5. The van der Waals surface area contributed by atoms with Crippen LogP contribution >= 0.6 is 15.9 Å². The minimum Gasteiger partial charge on any atom is -0.394 e. The van der Waals surface area contributed by atoms with Crippen LogP contribution in [-0.4, -0.2) is 23.8 Å². The number of halogens is 1. The predicted octanol–water partition coefficient (Wildman–Crippen LogP) is 3.48. The van der Waals surface area contributed by atoms with Crippen LogP contribution in [0.4, 0.5) is 10.5 Å². The van der Waals surface area contributed by atoms with E-state index in [9.17, 15) is 9.90 Å². The number of aliphatic hydroxyl groups excluding tert-OH is 1. The largest absolute Gasteiger partial charge is 0.394 e. The predicted molar refractivity (Wildman–Crippen MR) is 92.1 cm³/mol. The Hall–Kier alpha value is -1.85. The summed E-state index contributed by atoms with van der Waals surface area (Å²) in [6.07, 6.45) is 0.583. The molecule has 0 fully saturated rings. The van der Waals surface area contributed by atoms with Crippen molar-refractivity contribution < 1.29 is 9.90 Å². The number of anilines is 1. The van der Waals surface area contributed by atoms with Crippen molar-refractivity contribution in [1.82, 2.24) is 5.32 Å². The second-order valence-electron chi connectivity index (χ2n) is 5.15. The number of hydrogen-bond donors (Lipinski definition) is 3. The maximum atomic E-state index is 12.1. The Bertz CT molecular complexity index is 632. The lowest BCUT2D eigenvalue weighted by Crippen LogP contribution is -2.41. The van der Waals surface area contributed by atoms with Gasteiger partial charge in [-0.3, -0.25) is 0 Å². The molecule has 1 unspecified atom stereocenters. The van der Waals surface area contributed by atoms with Gasteiger partial charge in [-0.25, -0.2) is 4.79 Å². The summed E-state index contributed by atoms with van der Waals surface area (Å²) in [7, 11) is 0. The summed E-state index contributed by atoms with van der Waals surface area (Å²) in [6, 6.07) is 14.8. The monoisotopic (exact) mass is 362 g/mol. The Balaban J connectivity index is 1.94. The van der Waals surface area contributed by atoms with Crippen LogP contribution in [0.25, 0.3) is 0 Å². The van der Waals surface area contributed by atoms with Gasteiger partial charge in [0.25, 0.3) is 0 Å². The third-order valence-electron chi connectivity index (χ3n) is 3.25. The molecule has 5 heteroatoms. The Labute approximate surface area is 138 Å². The van der Waals surface area contributed by atoms with Gasteiger partial charge in [0.05, 0.1) is 18.3 Å². The fraction of sp³-hybridized carbons (Fsp3) is 0.235. The van der Waals surface area contributed by atoms with E-state index in [2.05, 4.69) is 26.6 Å². The molecule has 0 aromatic heterocycles. The molecule has 2 amide bonds. The summed E-state index contributed by atoms with van der Waals surface area (Å²) in [5.41, 5.74) is 2.87. The summed E-state index contributed by atoms with van der Waals surface area (Å²) < 4.78 is 0.825. The molecule has 2 rings (SSSR count). The number of aliphatic hydroxyl groups is 1. The van der Waals surface area contributed by atoms with Crippen molar-refractivity contribution in [2.24, 2.45) is 0 Å². The van der Waals surface area contributed by atoms with E-state index in [0.29, 0.717) is 12.1 Å². The van der Waals surface area contributed by atoms with Crippen molar-refractivity contribution in [3.05, 3.63) is 64.1 Å². The first-order valence-corrected chi connectivity index (χ1v) is 7.86. The number of carbonyl (C=O) groups is 1. The highest BCUT2D eigenvalue weighted by molar-refractivity contribution is 9.10.